The number of ether oxygens (including phenoxy) is 1. The lowest BCUT2D eigenvalue weighted by atomic mass is 10.1. The first-order chi connectivity index (χ1) is 11.1. The third-order valence-electron chi connectivity index (χ3n) is 4.11. The minimum Gasteiger partial charge on any atom is -0.481 e. The molecule has 1 amide bonds. The Bertz CT molecular complexity index is 714. The fraction of sp³-hybridized carbons (Fsp3) is 0.316. The Kier molecular flexibility index (Phi) is 4.60. The van der Waals surface area contributed by atoms with E-state index in [9.17, 15) is 9.18 Å². The van der Waals surface area contributed by atoms with Crippen LogP contribution in [0.15, 0.2) is 42.5 Å². The normalized spacial score (nSPS) is 14.2. The number of benzene rings is 2. The zero-order valence-corrected chi connectivity index (χ0v) is 13.1. The highest BCUT2D eigenvalue weighted by molar-refractivity contribution is 5.80. The molecule has 0 saturated carbocycles. The molecule has 1 N–H and O–H groups in total. The monoisotopic (exact) mass is 313 g/mol. The molecule has 2 aromatic rings. The molecule has 0 spiro atoms. The van der Waals surface area contributed by atoms with E-state index < -0.39 is 6.10 Å². The quantitative estimate of drug-likeness (QED) is 0.919. The summed E-state index contributed by atoms with van der Waals surface area (Å²) in [7, 11) is 0. The number of hydrogen-bond donors (Lipinski definition) is 1. The van der Waals surface area contributed by atoms with Crippen molar-refractivity contribution >= 4 is 5.91 Å². The molecule has 0 saturated heterocycles. The summed E-state index contributed by atoms with van der Waals surface area (Å²) in [5, 5.41) is 2.87. The fourth-order valence-corrected chi connectivity index (χ4v) is 2.87. The van der Waals surface area contributed by atoms with Crippen molar-refractivity contribution in [3.05, 3.63) is 65.0 Å². The number of halogens is 1. The van der Waals surface area contributed by atoms with Gasteiger partial charge in [-0.05, 0) is 55.0 Å². The molecule has 1 aliphatic carbocycles. The van der Waals surface area contributed by atoms with Crippen molar-refractivity contribution in [1.82, 2.24) is 5.32 Å². The third kappa shape index (κ3) is 3.89. The van der Waals surface area contributed by atoms with Crippen molar-refractivity contribution in [2.24, 2.45) is 0 Å². The van der Waals surface area contributed by atoms with Crippen LogP contribution in [-0.4, -0.2) is 12.0 Å². The van der Waals surface area contributed by atoms with Crippen molar-refractivity contribution in [2.75, 3.05) is 0 Å². The van der Waals surface area contributed by atoms with Crippen molar-refractivity contribution in [1.29, 1.82) is 0 Å². The van der Waals surface area contributed by atoms with Crippen molar-refractivity contribution < 1.29 is 13.9 Å². The number of hydrogen-bond acceptors (Lipinski definition) is 2. The van der Waals surface area contributed by atoms with E-state index in [0.717, 1.165) is 18.4 Å². The zero-order valence-electron chi connectivity index (χ0n) is 13.1. The van der Waals surface area contributed by atoms with E-state index in [1.165, 1.54) is 29.7 Å². The maximum Gasteiger partial charge on any atom is 0.261 e. The molecule has 0 aromatic heterocycles. The number of carbonyl (C=O) groups is 1. The average molecular weight is 313 g/mol. The van der Waals surface area contributed by atoms with E-state index in [2.05, 4.69) is 23.5 Å². The van der Waals surface area contributed by atoms with Gasteiger partial charge in [0.05, 0.1) is 0 Å². The summed E-state index contributed by atoms with van der Waals surface area (Å²) in [6.07, 6.45) is 2.81. The number of nitrogens with one attached hydrogen (secondary N) is 1. The van der Waals surface area contributed by atoms with Gasteiger partial charge >= 0.3 is 0 Å². The molecule has 0 fully saturated rings. The Labute approximate surface area is 135 Å². The van der Waals surface area contributed by atoms with Gasteiger partial charge in [0.1, 0.15) is 11.6 Å². The van der Waals surface area contributed by atoms with Crippen LogP contribution in [0, 0.1) is 5.82 Å². The molecule has 1 aliphatic rings. The molecular formula is C19H20FNO2. The van der Waals surface area contributed by atoms with Gasteiger partial charge in [-0.25, -0.2) is 4.39 Å². The smallest absolute Gasteiger partial charge is 0.261 e. The molecule has 0 radical (unpaired) electrons. The van der Waals surface area contributed by atoms with Crippen molar-refractivity contribution in [3.63, 3.8) is 0 Å². The molecule has 23 heavy (non-hydrogen) atoms. The SMILES string of the molecule is CC(Oc1cccc(F)c1)C(=O)NCc1ccc2c(c1)CCC2. The summed E-state index contributed by atoms with van der Waals surface area (Å²) in [6.45, 7) is 2.13. The first kappa shape index (κ1) is 15.5. The van der Waals surface area contributed by atoms with E-state index in [-0.39, 0.29) is 11.7 Å². The predicted molar refractivity (Wildman–Crippen MR) is 86.8 cm³/mol. The summed E-state index contributed by atoms with van der Waals surface area (Å²) in [5.74, 6) is -0.242. The average Bonchev–Trinajstić information content (AvgIpc) is 3.00. The number of fused-ring (bicyclic) bond motifs is 1. The lowest BCUT2D eigenvalue weighted by Crippen LogP contribution is -2.35. The third-order valence-corrected chi connectivity index (χ3v) is 4.11. The predicted octanol–water partition coefficient (Wildman–Crippen LogP) is 3.40. The van der Waals surface area contributed by atoms with Crippen molar-refractivity contribution in [3.8, 4) is 5.75 Å². The van der Waals surface area contributed by atoms with E-state index in [0.29, 0.717) is 12.3 Å². The summed E-state index contributed by atoms with van der Waals surface area (Å²) in [5.41, 5.74) is 3.90. The molecule has 2 aromatic carbocycles. The van der Waals surface area contributed by atoms with E-state index in [1.54, 1.807) is 19.1 Å². The minimum absolute atomic E-state index is 0.213. The van der Waals surface area contributed by atoms with Gasteiger partial charge < -0.3 is 10.1 Å². The van der Waals surface area contributed by atoms with E-state index in [1.807, 2.05) is 0 Å². The molecule has 0 bridgehead atoms. The second-order valence-electron chi connectivity index (χ2n) is 5.89. The van der Waals surface area contributed by atoms with Gasteiger partial charge in [-0.15, -0.1) is 0 Å². The maximum atomic E-state index is 13.1. The Hall–Kier alpha value is -2.36. The number of rotatable bonds is 5. The van der Waals surface area contributed by atoms with Crippen LogP contribution in [0.25, 0.3) is 0 Å². The highest BCUT2D eigenvalue weighted by Crippen LogP contribution is 2.22. The minimum atomic E-state index is -0.675. The molecule has 0 aliphatic heterocycles. The second kappa shape index (κ2) is 6.82. The van der Waals surface area contributed by atoms with Crippen LogP contribution in [0.5, 0.6) is 5.75 Å². The second-order valence-corrected chi connectivity index (χ2v) is 5.89. The van der Waals surface area contributed by atoms with Gasteiger partial charge in [-0.3, -0.25) is 4.79 Å². The summed E-state index contributed by atoms with van der Waals surface area (Å²) in [4.78, 5) is 12.1. The van der Waals surface area contributed by atoms with Crippen LogP contribution in [0.3, 0.4) is 0 Å². The summed E-state index contributed by atoms with van der Waals surface area (Å²) in [6, 6.07) is 12.2. The van der Waals surface area contributed by atoms with Gasteiger partial charge in [0, 0.05) is 12.6 Å². The zero-order chi connectivity index (χ0) is 16.2. The standard InChI is InChI=1S/C19H20FNO2/c1-13(23-18-7-3-6-17(20)11-18)19(22)21-12-14-8-9-15-4-2-5-16(15)10-14/h3,6-11,13H,2,4-5,12H2,1H3,(H,21,22). The van der Waals surface area contributed by atoms with Crippen molar-refractivity contribution in [2.45, 2.75) is 38.8 Å². The molecule has 3 rings (SSSR count). The fourth-order valence-electron chi connectivity index (χ4n) is 2.87. The number of aryl methyl sites for hydroxylation is 2. The molecule has 1 atom stereocenters. The van der Waals surface area contributed by atoms with Gasteiger partial charge in [-0.2, -0.15) is 0 Å². The number of amides is 1. The summed E-state index contributed by atoms with van der Waals surface area (Å²) < 4.78 is 18.6. The van der Waals surface area contributed by atoms with Gasteiger partial charge in [0.2, 0.25) is 0 Å². The molecular weight excluding hydrogens is 293 g/mol. The Morgan fingerprint density at radius 1 is 1.22 bits per heavy atom. The molecule has 1 unspecified atom stereocenters. The Morgan fingerprint density at radius 3 is 2.87 bits per heavy atom. The highest BCUT2D eigenvalue weighted by atomic mass is 19.1. The van der Waals surface area contributed by atoms with Gasteiger partial charge in [0.25, 0.3) is 5.91 Å². The van der Waals surface area contributed by atoms with Crippen LogP contribution in [0.4, 0.5) is 4.39 Å². The van der Waals surface area contributed by atoms with Crippen LogP contribution in [-0.2, 0) is 24.2 Å². The van der Waals surface area contributed by atoms with Crippen LogP contribution >= 0.6 is 0 Å². The molecule has 0 heterocycles. The first-order valence-corrected chi connectivity index (χ1v) is 7.92. The Balaban J connectivity index is 1.54. The lowest BCUT2D eigenvalue weighted by Gasteiger charge is -2.15. The topological polar surface area (TPSA) is 38.3 Å². The highest BCUT2D eigenvalue weighted by Gasteiger charge is 2.15. The molecule has 3 nitrogen and oxygen atoms in total. The summed E-state index contributed by atoms with van der Waals surface area (Å²) >= 11 is 0. The Morgan fingerprint density at radius 2 is 2.04 bits per heavy atom. The van der Waals surface area contributed by atoms with E-state index >= 15 is 0 Å². The number of carbonyl (C=O) groups excluding carboxylic acids is 1. The first-order valence-electron chi connectivity index (χ1n) is 7.92. The van der Waals surface area contributed by atoms with Crippen LogP contribution in [0.1, 0.15) is 30.0 Å². The lowest BCUT2D eigenvalue weighted by molar-refractivity contribution is -0.127. The molecule has 120 valence electrons. The van der Waals surface area contributed by atoms with Crippen LogP contribution < -0.4 is 10.1 Å². The van der Waals surface area contributed by atoms with E-state index in [4.69, 9.17) is 4.74 Å². The largest absolute Gasteiger partial charge is 0.481 e. The maximum absolute atomic E-state index is 13.1. The van der Waals surface area contributed by atoms with Gasteiger partial charge in [-0.1, -0.05) is 24.3 Å². The molecule has 4 heteroatoms. The van der Waals surface area contributed by atoms with Gasteiger partial charge in [0.15, 0.2) is 6.10 Å². The van der Waals surface area contributed by atoms with Crippen LogP contribution in [0.2, 0.25) is 0 Å².